The van der Waals surface area contributed by atoms with Crippen molar-refractivity contribution < 1.29 is 19.1 Å². The topological polar surface area (TPSA) is 77.3 Å². The molecule has 53 heavy (non-hydrogen) atoms. The van der Waals surface area contributed by atoms with Gasteiger partial charge in [0.2, 0.25) is 0 Å². The van der Waals surface area contributed by atoms with Crippen molar-refractivity contribution >= 4 is 23.3 Å². The molecule has 0 saturated heterocycles. The van der Waals surface area contributed by atoms with Crippen LogP contribution in [-0.2, 0) is 14.3 Å². The number of benzene rings is 2. The van der Waals surface area contributed by atoms with Gasteiger partial charge in [-0.25, -0.2) is 0 Å². The van der Waals surface area contributed by atoms with Crippen molar-refractivity contribution in [2.24, 2.45) is 56.6 Å². The number of fused-ring (bicyclic) bond motifs is 5. The van der Waals surface area contributed by atoms with E-state index in [1.165, 1.54) is 51.4 Å². The predicted molar refractivity (Wildman–Crippen MR) is 213 cm³/mol. The van der Waals surface area contributed by atoms with Gasteiger partial charge in [0.15, 0.2) is 0 Å². The summed E-state index contributed by atoms with van der Waals surface area (Å²) >= 11 is 0. The molecule has 4 aliphatic rings. The average molecular weight is 723 g/mol. The second kappa shape index (κ2) is 17.9. The molecule has 4 aliphatic carbocycles. The molecule has 0 unspecified atom stereocenters. The van der Waals surface area contributed by atoms with Crippen LogP contribution in [-0.4, -0.2) is 18.0 Å². The molecule has 3 fully saturated rings. The molecular formula is C47H66N2O4. The Morgan fingerprint density at radius 3 is 2.17 bits per heavy atom. The molecule has 0 bridgehead atoms. The maximum atomic E-state index is 12.9. The molecule has 3 saturated carbocycles. The van der Waals surface area contributed by atoms with Gasteiger partial charge in [0, 0.05) is 19.3 Å². The van der Waals surface area contributed by atoms with E-state index < -0.39 is 0 Å². The first-order chi connectivity index (χ1) is 25.5. The number of carbonyl (C=O) groups is 2. The number of rotatable bonds is 16. The van der Waals surface area contributed by atoms with Crippen LogP contribution in [0.4, 0.5) is 11.4 Å². The summed E-state index contributed by atoms with van der Waals surface area (Å²) in [7, 11) is 0. The molecule has 0 radical (unpaired) electrons. The third-order valence-electron chi connectivity index (χ3n) is 14.2. The Labute approximate surface area is 320 Å². The van der Waals surface area contributed by atoms with E-state index >= 15 is 0 Å². The lowest BCUT2D eigenvalue weighted by Crippen LogP contribution is -2.51. The van der Waals surface area contributed by atoms with Crippen molar-refractivity contribution in [2.45, 2.75) is 150 Å². The van der Waals surface area contributed by atoms with E-state index in [4.69, 9.17) is 9.47 Å². The van der Waals surface area contributed by atoms with E-state index in [1.807, 2.05) is 30.3 Å². The molecule has 0 heterocycles. The molecule has 0 aromatic heterocycles. The second-order valence-corrected chi connectivity index (χ2v) is 18.1. The summed E-state index contributed by atoms with van der Waals surface area (Å²) in [6, 6.07) is 16.6. The summed E-state index contributed by atoms with van der Waals surface area (Å²) in [5.41, 5.74) is 3.85. The van der Waals surface area contributed by atoms with Gasteiger partial charge in [0.25, 0.3) is 0 Å². The lowest BCUT2D eigenvalue weighted by Gasteiger charge is -2.58. The number of carbonyl (C=O) groups excluding carboxylic acids is 2. The summed E-state index contributed by atoms with van der Waals surface area (Å²) in [5.74, 6) is 5.24. The molecule has 6 nitrogen and oxygen atoms in total. The van der Waals surface area contributed by atoms with E-state index in [0.717, 1.165) is 86.1 Å². The van der Waals surface area contributed by atoms with Crippen molar-refractivity contribution in [1.82, 2.24) is 0 Å². The monoisotopic (exact) mass is 723 g/mol. The number of unbranched alkanes of at least 4 members (excludes halogenated alkanes) is 3. The quantitative estimate of drug-likeness (QED) is 0.0568. The SMILES string of the molecule is CC(C)CCC[C@@H](C)[C@H]1CC[C@H]2[C@@H]3CC=C4C[C@@H](OC(=O)CCCCCCC(=O)Oc5ccc(N=Nc6ccccc6)cc5)CC[C@]4(C)[C@H]3CC[C@]12C. The van der Waals surface area contributed by atoms with Gasteiger partial charge in [-0.15, -0.1) is 0 Å². The first-order valence-corrected chi connectivity index (χ1v) is 21.2. The molecule has 288 valence electrons. The normalized spacial score (nSPS) is 29.9. The van der Waals surface area contributed by atoms with Crippen LogP contribution in [0.5, 0.6) is 5.75 Å². The number of hydrogen-bond donors (Lipinski definition) is 0. The van der Waals surface area contributed by atoms with E-state index in [2.05, 4.69) is 50.9 Å². The molecule has 8 atom stereocenters. The van der Waals surface area contributed by atoms with Crippen LogP contribution in [0.25, 0.3) is 0 Å². The molecule has 2 aromatic rings. The first kappa shape index (κ1) is 39.4. The zero-order chi connectivity index (χ0) is 37.4. The molecule has 0 spiro atoms. The number of azo groups is 1. The van der Waals surface area contributed by atoms with E-state index in [0.29, 0.717) is 29.7 Å². The van der Waals surface area contributed by atoms with Crippen LogP contribution in [0, 0.1) is 46.3 Å². The smallest absolute Gasteiger partial charge is 0.311 e. The van der Waals surface area contributed by atoms with Crippen LogP contribution >= 0.6 is 0 Å². The predicted octanol–water partition coefficient (Wildman–Crippen LogP) is 13.3. The van der Waals surface area contributed by atoms with Gasteiger partial charge in [-0.05, 0) is 141 Å². The lowest BCUT2D eigenvalue weighted by molar-refractivity contribution is -0.151. The van der Waals surface area contributed by atoms with Crippen molar-refractivity contribution in [3.05, 3.63) is 66.2 Å². The Morgan fingerprint density at radius 2 is 1.45 bits per heavy atom. The Hall–Kier alpha value is -3.28. The standard InChI is InChI=1S/C47H66N2O4/c1-33(2)14-13-15-34(3)41-26-27-42-40-25-20-35-32-39(28-30-46(35,4)43(40)29-31-47(41,42)5)53-45(51)19-12-7-6-11-18-44(50)52-38-23-21-37(22-24-38)49-48-36-16-9-8-10-17-36/h8-10,16-17,20-24,33-34,39-43H,6-7,11-15,18-19,25-32H2,1-5H3/t34-,39+,40+,41-,42+,43+,46+,47-/m1/s1. The number of esters is 2. The van der Waals surface area contributed by atoms with Gasteiger partial charge in [-0.3, -0.25) is 9.59 Å². The fourth-order valence-corrected chi connectivity index (χ4v) is 11.3. The molecular weight excluding hydrogens is 657 g/mol. The lowest BCUT2D eigenvalue weighted by atomic mass is 9.47. The van der Waals surface area contributed by atoms with Crippen LogP contribution < -0.4 is 4.74 Å². The Kier molecular flexibility index (Phi) is 13.3. The largest absolute Gasteiger partial charge is 0.462 e. The summed E-state index contributed by atoms with van der Waals surface area (Å²) in [4.78, 5) is 25.3. The van der Waals surface area contributed by atoms with Crippen molar-refractivity contribution in [3.8, 4) is 5.75 Å². The van der Waals surface area contributed by atoms with Crippen molar-refractivity contribution in [2.75, 3.05) is 0 Å². The number of hydrogen-bond acceptors (Lipinski definition) is 6. The van der Waals surface area contributed by atoms with Crippen LogP contribution in [0.3, 0.4) is 0 Å². The van der Waals surface area contributed by atoms with Crippen LogP contribution in [0.15, 0.2) is 76.5 Å². The zero-order valence-corrected chi connectivity index (χ0v) is 33.4. The van der Waals surface area contributed by atoms with Gasteiger partial charge in [0.1, 0.15) is 11.9 Å². The number of allylic oxidation sites excluding steroid dienone is 1. The highest BCUT2D eigenvalue weighted by Crippen LogP contribution is 2.67. The third kappa shape index (κ3) is 9.70. The van der Waals surface area contributed by atoms with Gasteiger partial charge >= 0.3 is 11.9 Å². The summed E-state index contributed by atoms with van der Waals surface area (Å²) in [5, 5.41) is 8.44. The minimum atomic E-state index is -0.243. The maximum Gasteiger partial charge on any atom is 0.311 e. The van der Waals surface area contributed by atoms with Crippen LogP contribution in [0.2, 0.25) is 0 Å². The van der Waals surface area contributed by atoms with E-state index in [1.54, 1.807) is 29.8 Å². The van der Waals surface area contributed by atoms with Crippen molar-refractivity contribution in [3.63, 3.8) is 0 Å². The molecule has 6 heteroatoms. The fraction of sp³-hybridized carbons (Fsp3) is 0.660. The third-order valence-corrected chi connectivity index (χ3v) is 14.2. The Morgan fingerprint density at radius 1 is 0.755 bits per heavy atom. The second-order valence-electron chi connectivity index (χ2n) is 18.1. The fourth-order valence-electron chi connectivity index (χ4n) is 11.3. The van der Waals surface area contributed by atoms with Gasteiger partial charge in [0.05, 0.1) is 11.4 Å². The first-order valence-electron chi connectivity index (χ1n) is 21.2. The highest BCUT2D eigenvalue weighted by Gasteiger charge is 2.59. The highest BCUT2D eigenvalue weighted by molar-refractivity contribution is 5.72. The number of ether oxygens (including phenoxy) is 2. The Balaban J connectivity index is 0.875. The van der Waals surface area contributed by atoms with Crippen molar-refractivity contribution in [1.29, 1.82) is 0 Å². The van der Waals surface area contributed by atoms with E-state index in [-0.39, 0.29) is 23.5 Å². The van der Waals surface area contributed by atoms with Gasteiger partial charge < -0.3 is 9.47 Å². The van der Waals surface area contributed by atoms with Gasteiger partial charge in [-0.1, -0.05) is 96.6 Å². The van der Waals surface area contributed by atoms with Crippen LogP contribution in [0.1, 0.15) is 144 Å². The summed E-state index contributed by atoms with van der Waals surface area (Å²) in [6.07, 6.45) is 20.8. The number of nitrogens with zero attached hydrogens (tertiary/aromatic N) is 2. The minimum absolute atomic E-state index is 0.0190. The van der Waals surface area contributed by atoms with E-state index in [9.17, 15) is 9.59 Å². The average Bonchev–Trinajstić information content (AvgIpc) is 3.50. The molecule has 0 N–H and O–H groups in total. The highest BCUT2D eigenvalue weighted by atomic mass is 16.5. The summed E-state index contributed by atoms with van der Waals surface area (Å²) in [6.45, 7) is 12.5. The molecule has 2 aromatic carbocycles. The van der Waals surface area contributed by atoms with Gasteiger partial charge in [-0.2, -0.15) is 10.2 Å². The maximum absolute atomic E-state index is 12.9. The molecule has 0 aliphatic heterocycles. The Bertz CT molecular complexity index is 1570. The molecule has 0 amide bonds. The minimum Gasteiger partial charge on any atom is -0.462 e. The molecule has 6 rings (SSSR count). The zero-order valence-electron chi connectivity index (χ0n) is 33.4. The summed E-state index contributed by atoms with van der Waals surface area (Å²) < 4.78 is 11.6.